The number of aromatic nitrogens is 2. The lowest BCUT2D eigenvalue weighted by molar-refractivity contribution is -0.121. The van der Waals surface area contributed by atoms with E-state index in [1.54, 1.807) is 12.5 Å². The summed E-state index contributed by atoms with van der Waals surface area (Å²) in [5.74, 6) is -0.0247. The number of carbonyl (C=O) groups is 1. The number of nitrogens with zero attached hydrogens (tertiary/aromatic N) is 2. The van der Waals surface area contributed by atoms with Crippen LogP contribution in [0.25, 0.3) is 0 Å². The van der Waals surface area contributed by atoms with Crippen LogP contribution in [-0.2, 0) is 16.1 Å². The van der Waals surface area contributed by atoms with Gasteiger partial charge in [0.2, 0.25) is 5.91 Å². The Hall–Kier alpha value is -1.40. The van der Waals surface area contributed by atoms with Gasteiger partial charge in [0.05, 0.1) is 19.0 Å². The molecule has 0 aliphatic heterocycles. The molecule has 2 N–H and O–H groups in total. The first-order valence-corrected chi connectivity index (χ1v) is 5.62. The van der Waals surface area contributed by atoms with Crippen LogP contribution in [0.5, 0.6) is 0 Å². The van der Waals surface area contributed by atoms with Crippen LogP contribution in [0, 0.1) is 0 Å². The maximum atomic E-state index is 11.4. The van der Waals surface area contributed by atoms with Crippen LogP contribution in [0.1, 0.15) is 12.8 Å². The molecule has 0 saturated heterocycles. The van der Waals surface area contributed by atoms with Crippen molar-refractivity contribution in [2.75, 3.05) is 20.3 Å². The topological polar surface area (TPSA) is 76.4 Å². The van der Waals surface area contributed by atoms with Crippen LogP contribution in [0.2, 0.25) is 0 Å². The van der Waals surface area contributed by atoms with Gasteiger partial charge in [0.1, 0.15) is 0 Å². The minimum atomic E-state index is -0.519. The molecule has 96 valence electrons. The standard InChI is InChI=1S/C11H19N3O3/c1-17-8-10(15)2-4-13-11(16)3-6-14-7-5-12-9-14/h5,7,9-10,15H,2-4,6,8H2,1H3,(H,13,16). The van der Waals surface area contributed by atoms with Crippen molar-refractivity contribution >= 4 is 5.91 Å². The lowest BCUT2D eigenvalue weighted by Crippen LogP contribution is -2.29. The first-order valence-electron chi connectivity index (χ1n) is 5.62. The minimum Gasteiger partial charge on any atom is -0.391 e. The first kappa shape index (κ1) is 13.7. The lowest BCUT2D eigenvalue weighted by Gasteiger charge is -2.10. The summed E-state index contributed by atoms with van der Waals surface area (Å²) in [6.45, 7) is 1.38. The van der Waals surface area contributed by atoms with Gasteiger partial charge >= 0.3 is 0 Å². The first-order chi connectivity index (χ1) is 8.22. The predicted octanol–water partition coefficient (Wildman–Crippen LogP) is -0.213. The number of methoxy groups -OCH3 is 1. The minimum absolute atomic E-state index is 0.0247. The van der Waals surface area contributed by atoms with Crippen LogP contribution < -0.4 is 5.32 Å². The van der Waals surface area contributed by atoms with Gasteiger partial charge in [0.15, 0.2) is 0 Å². The smallest absolute Gasteiger partial charge is 0.221 e. The molecule has 0 aliphatic rings. The van der Waals surface area contributed by atoms with E-state index in [4.69, 9.17) is 4.74 Å². The average molecular weight is 241 g/mol. The number of hydrogen-bond acceptors (Lipinski definition) is 4. The van der Waals surface area contributed by atoms with Gasteiger partial charge in [-0.2, -0.15) is 0 Å². The second-order valence-electron chi connectivity index (χ2n) is 3.80. The van der Waals surface area contributed by atoms with Gasteiger partial charge in [-0.15, -0.1) is 0 Å². The highest BCUT2D eigenvalue weighted by molar-refractivity contribution is 5.75. The third-order valence-electron chi connectivity index (χ3n) is 2.32. The Morgan fingerprint density at radius 1 is 1.65 bits per heavy atom. The fraction of sp³-hybridized carbons (Fsp3) is 0.636. The molecule has 1 unspecified atom stereocenters. The van der Waals surface area contributed by atoms with Gasteiger partial charge in [-0.05, 0) is 6.42 Å². The monoisotopic (exact) mass is 241 g/mol. The normalized spacial score (nSPS) is 12.4. The second kappa shape index (κ2) is 7.81. The van der Waals surface area contributed by atoms with Crippen molar-refractivity contribution < 1.29 is 14.6 Å². The van der Waals surface area contributed by atoms with Gasteiger partial charge in [-0.25, -0.2) is 4.98 Å². The van der Waals surface area contributed by atoms with Crippen molar-refractivity contribution in [2.24, 2.45) is 0 Å². The Morgan fingerprint density at radius 2 is 2.47 bits per heavy atom. The number of amides is 1. The average Bonchev–Trinajstić information content (AvgIpc) is 2.79. The third-order valence-corrected chi connectivity index (χ3v) is 2.32. The van der Waals surface area contributed by atoms with Gasteiger partial charge in [0, 0.05) is 39.0 Å². The highest BCUT2D eigenvalue weighted by atomic mass is 16.5. The van der Waals surface area contributed by atoms with Crippen molar-refractivity contribution in [1.82, 2.24) is 14.9 Å². The van der Waals surface area contributed by atoms with Crippen LogP contribution in [-0.4, -0.2) is 46.9 Å². The van der Waals surface area contributed by atoms with Crippen LogP contribution in [0.4, 0.5) is 0 Å². The zero-order chi connectivity index (χ0) is 12.5. The summed E-state index contributed by atoms with van der Waals surface area (Å²) >= 11 is 0. The molecular weight excluding hydrogens is 222 g/mol. The van der Waals surface area contributed by atoms with Gasteiger partial charge in [-0.1, -0.05) is 0 Å². The second-order valence-corrected chi connectivity index (χ2v) is 3.80. The van der Waals surface area contributed by atoms with Crippen molar-refractivity contribution in [3.05, 3.63) is 18.7 Å². The lowest BCUT2D eigenvalue weighted by atomic mass is 10.2. The Kier molecular flexibility index (Phi) is 6.27. The number of imidazole rings is 1. The van der Waals surface area contributed by atoms with E-state index in [0.29, 0.717) is 32.5 Å². The number of nitrogens with one attached hydrogen (secondary N) is 1. The third kappa shape index (κ3) is 6.03. The molecule has 17 heavy (non-hydrogen) atoms. The van der Waals surface area contributed by atoms with E-state index in [9.17, 15) is 9.90 Å². The van der Waals surface area contributed by atoms with Crippen LogP contribution in [0.15, 0.2) is 18.7 Å². The van der Waals surface area contributed by atoms with E-state index in [2.05, 4.69) is 10.3 Å². The Labute approximate surface area is 101 Å². The Morgan fingerprint density at radius 3 is 3.12 bits per heavy atom. The summed E-state index contributed by atoms with van der Waals surface area (Å²) < 4.78 is 6.63. The van der Waals surface area contributed by atoms with Gasteiger partial charge in [0.25, 0.3) is 0 Å². The summed E-state index contributed by atoms with van der Waals surface area (Å²) in [5, 5.41) is 12.1. The molecule has 1 heterocycles. The zero-order valence-corrected chi connectivity index (χ0v) is 10.0. The highest BCUT2D eigenvalue weighted by Crippen LogP contribution is 1.93. The number of aliphatic hydroxyl groups is 1. The molecule has 1 amide bonds. The van der Waals surface area contributed by atoms with E-state index in [0.717, 1.165) is 0 Å². The molecule has 0 saturated carbocycles. The zero-order valence-electron chi connectivity index (χ0n) is 10.0. The fourth-order valence-electron chi connectivity index (χ4n) is 1.39. The molecule has 0 aliphatic carbocycles. The van der Waals surface area contributed by atoms with Crippen molar-refractivity contribution in [3.63, 3.8) is 0 Å². The molecule has 0 radical (unpaired) electrons. The summed E-state index contributed by atoms with van der Waals surface area (Å²) in [6, 6.07) is 0. The molecule has 0 fully saturated rings. The van der Waals surface area contributed by atoms with Crippen LogP contribution >= 0.6 is 0 Å². The maximum Gasteiger partial charge on any atom is 0.221 e. The van der Waals surface area contributed by atoms with Crippen molar-refractivity contribution in [1.29, 1.82) is 0 Å². The summed E-state index contributed by atoms with van der Waals surface area (Å²) in [6.07, 6.45) is 5.57. The fourth-order valence-corrected chi connectivity index (χ4v) is 1.39. The van der Waals surface area contributed by atoms with Crippen molar-refractivity contribution in [3.8, 4) is 0 Å². The Balaban J connectivity index is 2.05. The number of ether oxygens (including phenoxy) is 1. The van der Waals surface area contributed by atoms with Crippen molar-refractivity contribution in [2.45, 2.75) is 25.5 Å². The quantitative estimate of drug-likeness (QED) is 0.660. The van der Waals surface area contributed by atoms with E-state index in [1.165, 1.54) is 7.11 Å². The number of carbonyl (C=O) groups excluding carboxylic acids is 1. The molecule has 6 heteroatoms. The van der Waals surface area contributed by atoms with E-state index >= 15 is 0 Å². The number of aliphatic hydroxyl groups excluding tert-OH is 1. The summed E-state index contributed by atoms with van der Waals surface area (Å²) in [7, 11) is 1.53. The number of aryl methyl sites for hydroxylation is 1. The van der Waals surface area contributed by atoms with E-state index in [1.807, 2.05) is 10.8 Å². The molecule has 1 aromatic rings. The molecule has 6 nitrogen and oxygen atoms in total. The predicted molar refractivity (Wildman–Crippen MR) is 62.4 cm³/mol. The molecule has 1 atom stereocenters. The molecule has 0 bridgehead atoms. The van der Waals surface area contributed by atoms with E-state index < -0.39 is 6.10 Å². The van der Waals surface area contributed by atoms with E-state index in [-0.39, 0.29) is 5.91 Å². The van der Waals surface area contributed by atoms with Crippen LogP contribution in [0.3, 0.4) is 0 Å². The molecular formula is C11H19N3O3. The molecule has 1 aromatic heterocycles. The number of hydrogen-bond donors (Lipinski definition) is 2. The largest absolute Gasteiger partial charge is 0.391 e. The summed E-state index contributed by atoms with van der Waals surface area (Å²) in [4.78, 5) is 15.3. The van der Waals surface area contributed by atoms with Gasteiger partial charge in [-0.3, -0.25) is 4.79 Å². The molecule has 1 rings (SSSR count). The van der Waals surface area contributed by atoms with Gasteiger partial charge < -0.3 is 19.7 Å². The Bertz CT molecular complexity index is 314. The molecule has 0 spiro atoms. The maximum absolute atomic E-state index is 11.4. The summed E-state index contributed by atoms with van der Waals surface area (Å²) in [5.41, 5.74) is 0. The highest BCUT2D eigenvalue weighted by Gasteiger charge is 2.05. The number of rotatable bonds is 8. The molecule has 0 aromatic carbocycles. The SMILES string of the molecule is COCC(O)CCNC(=O)CCn1ccnc1.